The molecule has 1 unspecified atom stereocenters. The summed E-state index contributed by atoms with van der Waals surface area (Å²) in [7, 11) is 0. The minimum absolute atomic E-state index is 0.0324. The summed E-state index contributed by atoms with van der Waals surface area (Å²) in [5.41, 5.74) is 3.82. The molecule has 0 aromatic heterocycles. The molecule has 0 radical (unpaired) electrons. The number of nitrogens with two attached hydrogens (primary N) is 1. The lowest BCUT2D eigenvalue weighted by atomic mass is 10.1. The highest BCUT2D eigenvalue weighted by molar-refractivity contribution is 5.64. The number of hydrogen-bond donors (Lipinski definition) is 2. The van der Waals surface area contributed by atoms with Crippen LogP contribution in [0.5, 0.6) is 0 Å². The van der Waals surface area contributed by atoms with Gasteiger partial charge in [-0.3, -0.25) is 16.0 Å². The third-order valence-electron chi connectivity index (χ3n) is 3.24. The molecule has 3 N–H and O–H groups in total. The second-order valence-corrected chi connectivity index (χ2v) is 4.49. The molecule has 1 aliphatic rings. The van der Waals surface area contributed by atoms with E-state index in [0.29, 0.717) is 12.3 Å². The molecule has 1 fully saturated rings. The Balaban J connectivity index is 2.27. The first-order valence-electron chi connectivity index (χ1n) is 6.26. The number of rotatable bonds is 4. The number of anilines is 2. The maximum absolute atomic E-state index is 10.9. The van der Waals surface area contributed by atoms with Crippen LogP contribution in [-0.4, -0.2) is 30.7 Å². The van der Waals surface area contributed by atoms with Crippen LogP contribution in [0.1, 0.15) is 13.3 Å². The Kier molecular flexibility index (Phi) is 4.18. The number of nitro benzene ring substituents is 1. The van der Waals surface area contributed by atoms with Gasteiger partial charge in [-0.25, -0.2) is 0 Å². The molecule has 0 spiro atoms. The molecule has 0 aliphatic carbocycles. The van der Waals surface area contributed by atoms with Crippen LogP contribution in [0.3, 0.4) is 0 Å². The average Bonchev–Trinajstić information content (AvgIpc) is 2.46. The largest absolute Gasteiger partial charge is 0.375 e. The van der Waals surface area contributed by atoms with Crippen molar-refractivity contribution in [1.29, 1.82) is 0 Å². The van der Waals surface area contributed by atoms with Gasteiger partial charge in [-0.1, -0.05) is 6.92 Å². The van der Waals surface area contributed by atoms with Crippen LogP contribution in [-0.2, 0) is 4.74 Å². The Morgan fingerprint density at radius 1 is 1.58 bits per heavy atom. The zero-order valence-corrected chi connectivity index (χ0v) is 10.8. The number of nitrogen functional groups attached to an aromatic ring is 1. The number of morpholine rings is 1. The average molecular weight is 266 g/mol. The van der Waals surface area contributed by atoms with E-state index in [0.717, 1.165) is 25.2 Å². The molecular weight excluding hydrogens is 248 g/mol. The van der Waals surface area contributed by atoms with Gasteiger partial charge in [-0.15, -0.1) is 0 Å². The van der Waals surface area contributed by atoms with Crippen LogP contribution < -0.4 is 16.2 Å². The SMILES string of the molecule is CCC1CN(c2cc(NN)cc([N+](=O)[O-])c2)CCO1. The maximum Gasteiger partial charge on any atom is 0.273 e. The maximum atomic E-state index is 10.9. The van der Waals surface area contributed by atoms with Gasteiger partial charge in [0.1, 0.15) is 0 Å². The lowest BCUT2D eigenvalue weighted by Gasteiger charge is -2.34. The highest BCUT2D eigenvalue weighted by atomic mass is 16.6. The Labute approximate surface area is 111 Å². The summed E-state index contributed by atoms with van der Waals surface area (Å²) in [6.07, 6.45) is 1.09. The predicted molar refractivity (Wildman–Crippen MR) is 73.2 cm³/mol. The van der Waals surface area contributed by atoms with Gasteiger partial charge in [0.2, 0.25) is 0 Å². The van der Waals surface area contributed by atoms with Crippen LogP contribution in [0.4, 0.5) is 17.1 Å². The monoisotopic (exact) mass is 266 g/mol. The van der Waals surface area contributed by atoms with Crippen molar-refractivity contribution in [1.82, 2.24) is 0 Å². The molecule has 7 heteroatoms. The van der Waals surface area contributed by atoms with Crippen molar-refractivity contribution in [2.24, 2.45) is 5.84 Å². The van der Waals surface area contributed by atoms with E-state index in [9.17, 15) is 10.1 Å². The van der Waals surface area contributed by atoms with E-state index in [-0.39, 0.29) is 11.8 Å². The van der Waals surface area contributed by atoms with Crippen molar-refractivity contribution in [2.45, 2.75) is 19.4 Å². The Hall–Kier alpha value is -1.86. The summed E-state index contributed by atoms with van der Waals surface area (Å²) in [5.74, 6) is 5.35. The molecule has 1 atom stereocenters. The summed E-state index contributed by atoms with van der Waals surface area (Å²) in [6.45, 7) is 4.16. The summed E-state index contributed by atoms with van der Waals surface area (Å²) in [5, 5.41) is 10.9. The highest BCUT2D eigenvalue weighted by Crippen LogP contribution is 2.28. The van der Waals surface area contributed by atoms with Gasteiger partial charge in [-0.05, 0) is 12.5 Å². The summed E-state index contributed by atoms with van der Waals surface area (Å²) < 4.78 is 5.60. The Bertz CT molecular complexity index is 466. The van der Waals surface area contributed by atoms with E-state index >= 15 is 0 Å². The standard InChI is InChI=1S/C12H18N4O3/c1-2-12-8-15(3-4-19-12)10-5-9(14-13)6-11(7-10)16(17)18/h5-7,12,14H,2-4,8,13H2,1H3. The van der Waals surface area contributed by atoms with Crippen LogP contribution in [0.2, 0.25) is 0 Å². The molecule has 1 aliphatic heterocycles. The first kappa shape index (κ1) is 13.6. The first-order chi connectivity index (χ1) is 9.13. The van der Waals surface area contributed by atoms with E-state index in [1.165, 1.54) is 6.07 Å². The number of nitro groups is 1. The molecule has 1 aromatic carbocycles. The van der Waals surface area contributed by atoms with Crippen LogP contribution >= 0.6 is 0 Å². The smallest absolute Gasteiger partial charge is 0.273 e. The molecule has 0 saturated carbocycles. The molecule has 7 nitrogen and oxygen atoms in total. The molecule has 19 heavy (non-hydrogen) atoms. The third-order valence-corrected chi connectivity index (χ3v) is 3.24. The molecule has 1 saturated heterocycles. The molecular formula is C12H18N4O3. The topological polar surface area (TPSA) is 93.7 Å². The molecule has 1 aromatic rings. The number of nitrogens with one attached hydrogen (secondary N) is 1. The normalized spacial score (nSPS) is 19.3. The van der Waals surface area contributed by atoms with Crippen molar-refractivity contribution < 1.29 is 9.66 Å². The third kappa shape index (κ3) is 3.12. The summed E-state index contributed by atoms with van der Waals surface area (Å²) in [6, 6.07) is 4.80. The van der Waals surface area contributed by atoms with Gasteiger partial charge in [0.05, 0.1) is 23.3 Å². The second-order valence-electron chi connectivity index (χ2n) is 4.49. The summed E-state index contributed by atoms with van der Waals surface area (Å²) in [4.78, 5) is 12.6. The van der Waals surface area contributed by atoms with E-state index in [2.05, 4.69) is 17.2 Å². The minimum Gasteiger partial charge on any atom is -0.375 e. The number of nitrogens with zero attached hydrogens (tertiary/aromatic N) is 2. The second kappa shape index (κ2) is 5.85. The van der Waals surface area contributed by atoms with Crippen molar-refractivity contribution in [2.75, 3.05) is 30.0 Å². The van der Waals surface area contributed by atoms with Gasteiger partial charge in [0, 0.05) is 30.9 Å². The van der Waals surface area contributed by atoms with Crippen molar-refractivity contribution in [3.8, 4) is 0 Å². The lowest BCUT2D eigenvalue weighted by molar-refractivity contribution is -0.384. The molecule has 0 amide bonds. The number of hydrogen-bond acceptors (Lipinski definition) is 6. The number of ether oxygens (including phenoxy) is 1. The minimum atomic E-state index is -0.415. The van der Waals surface area contributed by atoms with Crippen molar-refractivity contribution >= 4 is 17.1 Å². The lowest BCUT2D eigenvalue weighted by Crippen LogP contribution is -2.42. The number of benzene rings is 1. The Morgan fingerprint density at radius 2 is 2.37 bits per heavy atom. The van der Waals surface area contributed by atoms with E-state index in [1.807, 2.05) is 6.07 Å². The fraction of sp³-hybridized carbons (Fsp3) is 0.500. The van der Waals surface area contributed by atoms with Gasteiger partial charge < -0.3 is 15.1 Å². The van der Waals surface area contributed by atoms with E-state index < -0.39 is 4.92 Å². The fourth-order valence-corrected chi connectivity index (χ4v) is 2.17. The molecule has 1 heterocycles. The van der Waals surface area contributed by atoms with E-state index in [4.69, 9.17) is 10.6 Å². The zero-order chi connectivity index (χ0) is 13.8. The van der Waals surface area contributed by atoms with Crippen LogP contribution in [0.25, 0.3) is 0 Å². The van der Waals surface area contributed by atoms with Gasteiger partial charge in [-0.2, -0.15) is 0 Å². The van der Waals surface area contributed by atoms with Crippen molar-refractivity contribution in [3.05, 3.63) is 28.3 Å². The van der Waals surface area contributed by atoms with Crippen LogP contribution in [0, 0.1) is 10.1 Å². The van der Waals surface area contributed by atoms with Gasteiger partial charge in [0.25, 0.3) is 5.69 Å². The first-order valence-corrected chi connectivity index (χ1v) is 6.26. The number of non-ortho nitro benzene ring substituents is 1. The van der Waals surface area contributed by atoms with Crippen molar-refractivity contribution in [3.63, 3.8) is 0 Å². The quantitative estimate of drug-likeness (QED) is 0.487. The summed E-state index contributed by atoms with van der Waals surface area (Å²) >= 11 is 0. The molecule has 0 bridgehead atoms. The predicted octanol–water partition coefficient (Wildman–Crippen LogP) is 1.50. The highest BCUT2D eigenvalue weighted by Gasteiger charge is 2.21. The van der Waals surface area contributed by atoms with Gasteiger partial charge >= 0.3 is 0 Å². The number of hydrazine groups is 1. The van der Waals surface area contributed by atoms with Crippen LogP contribution in [0.15, 0.2) is 18.2 Å². The molecule has 2 rings (SSSR count). The molecule has 104 valence electrons. The zero-order valence-electron chi connectivity index (χ0n) is 10.8. The Morgan fingerprint density at radius 3 is 3.00 bits per heavy atom. The van der Waals surface area contributed by atoms with Gasteiger partial charge in [0.15, 0.2) is 0 Å². The van der Waals surface area contributed by atoms with E-state index in [1.54, 1.807) is 6.07 Å². The fourth-order valence-electron chi connectivity index (χ4n) is 2.17.